The molecule has 0 aliphatic rings. The van der Waals surface area contributed by atoms with E-state index >= 15 is 0 Å². The second-order valence-electron chi connectivity index (χ2n) is 8.21. The van der Waals surface area contributed by atoms with Crippen molar-refractivity contribution in [2.75, 3.05) is 14.1 Å². The molecule has 1 unspecified atom stereocenters. The quantitative estimate of drug-likeness (QED) is 0.152. The summed E-state index contributed by atoms with van der Waals surface area (Å²) in [4.78, 5) is 2.43. The van der Waals surface area contributed by atoms with E-state index in [4.69, 9.17) is 0 Å². The van der Waals surface area contributed by atoms with Crippen LogP contribution in [-0.4, -0.2) is 25.0 Å². The lowest BCUT2D eigenvalue weighted by Gasteiger charge is -2.24. The SMILES string of the molecule is C=CCCCCC(CCCCCCCC=CC/C=C\CCCCC)N(C)C. The van der Waals surface area contributed by atoms with Crippen molar-refractivity contribution in [3.63, 3.8) is 0 Å². The molecule has 0 heterocycles. The van der Waals surface area contributed by atoms with Crippen LogP contribution in [0.25, 0.3) is 0 Å². The van der Waals surface area contributed by atoms with E-state index in [0.29, 0.717) is 0 Å². The Labute approximate surface area is 172 Å². The minimum absolute atomic E-state index is 0.771. The average molecular weight is 376 g/mol. The lowest BCUT2D eigenvalue weighted by molar-refractivity contribution is 0.252. The summed E-state index contributed by atoms with van der Waals surface area (Å²) in [6, 6.07) is 0.771. The molecule has 0 aliphatic heterocycles. The topological polar surface area (TPSA) is 3.24 Å². The van der Waals surface area contributed by atoms with Gasteiger partial charge in [0.25, 0.3) is 0 Å². The van der Waals surface area contributed by atoms with Gasteiger partial charge in [-0.1, -0.05) is 82.2 Å². The van der Waals surface area contributed by atoms with Crippen LogP contribution >= 0.6 is 0 Å². The molecule has 0 saturated carbocycles. The van der Waals surface area contributed by atoms with E-state index in [9.17, 15) is 0 Å². The Hall–Kier alpha value is -0.820. The first-order valence-corrected chi connectivity index (χ1v) is 11.8. The van der Waals surface area contributed by atoms with Crippen molar-refractivity contribution < 1.29 is 0 Å². The third kappa shape index (κ3) is 19.7. The molecule has 1 nitrogen and oxygen atoms in total. The summed E-state index contributed by atoms with van der Waals surface area (Å²) in [6.45, 7) is 6.08. The molecule has 0 bridgehead atoms. The fraction of sp³-hybridized carbons (Fsp3) is 0.769. The van der Waals surface area contributed by atoms with Gasteiger partial charge in [0.05, 0.1) is 0 Å². The van der Waals surface area contributed by atoms with E-state index in [-0.39, 0.29) is 0 Å². The molecule has 158 valence electrons. The molecule has 0 saturated heterocycles. The van der Waals surface area contributed by atoms with E-state index in [2.05, 4.69) is 56.8 Å². The summed E-state index contributed by atoms with van der Waals surface area (Å²) in [5.41, 5.74) is 0. The summed E-state index contributed by atoms with van der Waals surface area (Å²) in [5.74, 6) is 0. The maximum atomic E-state index is 3.82. The Kier molecular flexibility index (Phi) is 20.8. The smallest absolute Gasteiger partial charge is 0.00891 e. The Bertz CT molecular complexity index is 353. The molecule has 0 fully saturated rings. The second-order valence-corrected chi connectivity index (χ2v) is 8.21. The molecular weight excluding hydrogens is 326 g/mol. The highest BCUT2D eigenvalue weighted by Gasteiger charge is 2.10. The van der Waals surface area contributed by atoms with Gasteiger partial charge in [-0.25, -0.2) is 0 Å². The Morgan fingerprint density at radius 3 is 1.78 bits per heavy atom. The van der Waals surface area contributed by atoms with Gasteiger partial charge in [0.1, 0.15) is 0 Å². The van der Waals surface area contributed by atoms with Gasteiger partial charge in [-0.05, 0) is 71.9 Å². The number of rotatable bonds is 20. The second kappa shape index (κ2) is 21.5. The van der Waals surface area contributed by atoms with E-state index in [1.807, 2.05) is 6.08 Å². The largest absolute Gasteiger partial charge is 0.306 e. The van der Waals surface area contributed by atoms with E-state index < -0.39 is 0 Å². The van der Waals surface area contributed by atoms with Crippen molar-refractivity contribution >= 4 is 0 Å². The summed E-state index contributed by atoms with van der Waals surface area (Å²) in [5, 5.41) is 0. The van der Waals surface area contributed by atoms with Crippen molar-refractivity contribution in [1.82, 2.24) is 4.90 Å². The third-order valence-corrected chi connectivity index (χ3v) is 5.41. The van der Waals surface area contributed by atoms with E-state index in [1.165, 1.54) is 96.3 Å². The van der Waals surface area contributed by atoms with Gasteiger partial charge in [0.2, 0.25) is 0 Å². The number of hydrogen-bond donors (Lipinski definition) is 0. The summed E-state index contributed by atoms with van der Waals surface area (Å²) >= 11 is 0. The maximum absolute atomic E-state index is 3.82. The minimum Gasteiger partial charge on any atom is -0.306 e. The van der Waals surface area contributed by atoms with Crippen LogP contribution in [0, 0.1) is 0 Å². The number of hydrogen-bond acceptors (Lipinski definition) is 1. The van der Waals surface area contributed by atoms with Crippen LogP contribution in [0.4, 0.5) is 0 Å². The molecule has 0 rings (SSSR count). The highest BCUT2D eigenvalue weighted by molar-refractivity contribution is 4.92. The van der Waals surface area contributed by atoms with Gasteiger partial charge in [-0.3, -0.25) is 0 Å². The molecule has 1 heteroatoms. The molecule has 27 heavy (non-hydrogen) atoms. The first-order valence-electron chi connectivity index (χ1n) is 11.8. The van der Waals surface area contributed by atoms with Gasteiger partial charge in [0, 0.05) is 6.04 Å². The van der Waals surface area contributed by atoms with Gasteiger partial charge >= 0.3 is 0 Å². The van der Waals surface area contributed by atoms with Crippen LogP contribution in [0.1, 0.15) is 110 Å². The lowest BCUT2D eigenvalue weighted by Crippen LogP contribution is -2.27. The van der Waals surface area contributed by atoms with Gasteiger partial charge in [0.15, 0.2) is 0 Å². The van der Waals surface area contributed by atoms with Crippen LogP contribution in [0.15, 0.2) is 37.0 Å². The molecule has 0 spiro atoms. The minimum atomic E-state index is 0.771. The third-order valence-electron chi connectivity index (χ3n) is 5.41. The van der Waals surface area contributed by atoms with E-state index in [1.54, 1.807) is 0 Å². The molecular formula is C26H49N. The molecule has 0 radical (unpaired) electrons. The van der Waals surface area contributed by atoms with Crippen LogP contribution in [0.3, 0.4) is 0 Å². The Morgan fingerprint density at radius 1 is 0.667 bits per heavy atom. The zero-order valence-electron chi connectivity index (χ0n) is 18.9. The van der Waals surface area contributed by atoms with Crippen molar-refractivity contribution in [1.29, 1.82) is 0 Å². The molecule has 0 amide bonds. The summed E-state index contributed by atoms with van der Waals surface area (Å²) in [6.07, 6.45) is 32.6. The fourth-order valence-corrected chi connectivity index (χ4v) is 3.52. The zero-order chi connectivity index (χ0) is 20.0. The first-order chi connectivity index (χ1) is 13.2. The summed E-state index contributed by atoms with van der Waals surface area (Å²) in [7, 11) is 4.48. The summed E-state index contributed by atoms with van der Waals surface area (Å²) < 4.78 is 0. The molecule has 0 aromatic carbocycles. The Morgan fingerprint density at radius 2 is 1.19 bits per heavy atom. The lowest BCUT2D eigenvalue weighted by atomic mass is 10.00. The van der Waals surface area contributed by atoms with Gasteiger partial charge in [-0.15, -0.1) is 6.58 Å². The molecule has 0 N–H and O–H groups in total. The fourth-order valence-electron chi connectivity index (χ4n) is 3.52. The number of nitrogens with zero attached hydrogens (tertiary/aromatic N) is 1. The predicted octanol–water partition coefficient (Wildman–Crippen LogP) is 8.48. The normalized spacial score (nSPS) is 13.2. The zero-order valence-corrected chi connectivity index (χ0v) is 18.9. The average Bonchev–Trinajstić information content (AvgIpc) is 2.66. The number of allylic oxidation sites excluding steroid dienone is 5. The van der Waals surface area contributed by atoms with Crippen molar-refractivity contribution in [2.24, 2.45) is 0 Å². The van der Waals surface area contributed by atoms with Crippen molar-refractivity contribution in [3.8, 4) is 0 Å². The van der Waals surface area contributed by atoms with Crippen LogP contribution in [0.5, 0.6) is 0 Å². The van der Waals surface area contributed by atoms with Crippen LogP contribution in [-0.2, 0) is 0 Å². The maximum Gasteiger partial charge on any atom is 0.00891 e. The Balaban J connectivity index is 3.48. The molecule has 0 aromatic rings. The van der Waals surface area contributed by atoms with Crippen LogP contribution < -0.4 is 0 Å². The van der Waals surface area contributed by atoms with Crippen molar-refractivity contribution in [3.05, 3.63) is 37.0 Å². The molecule has 0 aliphatic carbocycles. The number of unbranched alkanes of at least 4 members (excludes halogenated alkanes) is 10. The highest BCUT2D eigenvalue weighted by atomic mass is 15.1. The predicted molar refractivity (Wildman–Crippen MR) is 125 cm³/mol. The van der Waals surface area contributed by atoms with E-state index in [0.717, 1.165) is 12.5 Å². The van der Waals surface area contributed by atoms with Gasteiger partial charge in [-0.2, -0.15) is 0 Å². The highest BCUT2D eigenvalue weighted by Crippen LogP contribution is 2.16. The molecule has 1 atom stereocenters. The first kappa shape index (κ1) is 26.2. The van der Waals surface area contributed by atoms with Crippen molar-refractivity contribution in [2.45, 2.75) is 116 Å². The van der Waals surface area contributed by atoms with Crippen LogP contribution in [0.2, 0.25) is 0 Å². The molecule has 0 aromatic heterocycles. The van der Waals surface area contributed by atoms with Gasteiger partial charge < -0.3 is 4.90 Å². The standard InChI is InChI=1S/C26H49N/c1-5-7-9-11-12-13-14-15-16-17-18-19-20-21-23-25-26(27(3)4)24-22-10-8-6-2/h6,12-13,15-16,26H,2,5,7-11,14,17-25H2,1,3-4H3/b13-12-,16-15?. The monoisotopic (exact) mass is 375 g/mol.